The fourth-order valence-corrected chi connectivity index (χ4v) is 2.46. The van der Waals surface area contributed by atoms with Crippen molar-refractivity contribution in [2.45, 2.75) is 13.3 Å². The van der Waals surface area contributed by atoms with Crippen molar-refractivity contribution in [2.24, 2.45) is 5.92 Å². The normalized spacial score (nSPS) is 12.5. The first-order valence-corrected chi connectivity index (χ1v) is 7.33. The van der Waals surface area contributed by atoms with Gasteiger partial charge in [0.15, 0.2) is 0 Å². The SMILES string of the molecule is CC(CF)Cc1ccc2ccc(-c3ccc(N)nc3)nc2c1. The van der Waals surface area contributed by atoms with E-state index in [0.29, 0.717) is 5.82 Å². The predicted molar refractivity (Wildman–Crippen MR) is 88.2 cm³/mol. The molecule has 22 heavy (non-hydrogen) atoms. The van der Waals surface area contributed by atoms with Gasteiger partial charge in [0.05, 0.1) is 17.9 Å². The number of pyridine rings is 2. The Morgan fingerprint density at radius 3 is 2.68 bits per heavy atom. The maximum Gasteiger partial charge on any atom is 0.123 e. The molecule has 2 heterocycles. The predicted octanol–water partition coefficient (Wildman–Crippen LogP) is 4.03. The van der Waals surface area contributed by atoms with Gasteiger partial charge in [0.25, 0.3) is 0 Å². The van der Waals surface area contributed by atoms with Crippen molar-refractivity contribution in [3.63, 3.8) is 0 Å². The number of hydrogen-bond donors (Lipinski definition) is 1. The van der Waals surface area contributed by atoms with Crippen molar-refractivity contribution in [2.75, 3.05) is 12.4 Å². The number of aromatic nitrogens is 2. The molecule has 0 fully saturated rings. The first kappa shape index (κ1) is 14.4. The molecule has 3 aromatic rings. The van der Waals surface area contributed by atoms with Gasteiger partial charge in [0.2, 0.25) is 0 Å². The summed E-state index contributed by atoms with van der Waals surface area (Å²) >= 11 is 0. The van der Waals surface area contributed by atoms with Gasteiger partial charge in [-0.2, -0.15) is 0 Å². The molecule has 0 saturated heterocycles. The molecule has 0 bridgehead atoms. The van der Waals surface area contributed by atoms with E-state index in [1.807, 2.05) is 43.3 Å². The number of nitrogen functional groups attached to an aromatic ring is 1. The third-order valence-corrected chi connectivity index (χ3v) is 3.69. The van der Waals surface area contributed by atoms with E-state index >= 15 is 0 Å². The summed E-state index contributed by atoms with van der Waals surface area (Å²) in [4.78, 5) is 8.79. The lowest BCUT2D eigenvalue weighted by Crippen LogP contribution is -2.01. The Kier molecular flexibility index (Phi) is 4.00. The average molecular weight is 295 g/mol. The highest BCUT2D eigenvalue weighted by atomic mass is 19.1. The van der Waals surface area contributed by atoms with E-state index in [9.17, 15) is 4.39 Å². The van der Waals surface area contributed by atoms with Gasteiger partial charge < -0.3 is 5.73 Å². The Hall–Kier alpha value is -2.49. The number of nitrogens with zero attached hydrogens (tertiary/aromatic N) is 2. The third kappa shape index (κ3) is 3.06. The lowest BCUT2D eigenvalue weighted by atomic mass is 10.0. The number of benzene rings is 1. The molecule has 0 spiro atoms. The Balaban J connectivity index is 1.98. The molecule has 1 aromatic carbocycles. The van der Waals surface area contributed by atoms with Crippen molar-refractivity contribution in [1.29, 1.82) is 0 Å². The minimum atomic E-state index is -0.303. The largest absolute Gasteiger partial charge is 0.384 e. The van der Waals surface area contributed by atoms with Crippen LogP contribution in [-0.4, -0.2) is 16.6 Å². The Morgan fingerprint density at radius 2 is 1.95 bits per heavy atom. The lowest BCUT2D eigenvalue weighted by molar-refractivity contribution is 0.381. The van der Waals surface area contributed by atoms with Crippen molar-refractivity contribution >= 4 is 16.7 Å². The molecule has 0 amide bonds. The van der Waals surface area contributed by atoms with Gasteiger partial charge in [-0.15, -0.1) is 0 Å². The standard InChI is InChI=1S/C18H18FN3/c1-12(10-19)8-13-2-3-14-4-6-16(22-17(14)9-13)15-5-7-18(20)21-11-15/h2-7,9,11-12H,8,10H2,1H3,(H2,20,21). The summed E-state index contributed by atoms with van der Waals surface area (Å²) in [5, 5.41) is 1.07. The summed E-state index contributed by atoms with van der Waals surface area (Å²) in [6.45, 7) is 1.61. The monoisotopic (exact) mass is 295 g/mol. The fourth-order valence-electron chi connectivity index (χ4n) is 2.46. The molecule has 2 N–H and O–H groups in total. The Morgan fingerprint density at radius 1 is 1.14 bits per heavy atom. The van der Waals surface area contributed by atoms with Gasteiger partial charge in [0.1, 0.15) is 5.82 Å². The van der Waals surface area contributed by atoms with Crippen LogP contribution < -0.4 is 5.73 Å². The molecule has 112 valence electrons. The summed E-state index contributed by atoms with van der Waals surface area (Å²) in [6, 6.07) is 13.8. The molecule has 4 heteroatoms. The van der Waals surface area contributed by atoms with E-state index < -0.39 is 0 Å². The second kappa shape index (κ2) is 6.10. The van der Waals surface area contributed by atoms with Crippen LogP contribution in [0.15, 0.2) is 48.7 Å². The smallest absolute Gasteiger partial charge is 0.123 e. The Bertz CT molecular complexity index is 784. The minimum Gasteiger partial charge on any atom is -0.384 e. The van der Waals surface area contributed by atoms with Crippen molar-refractivity contribution in [1.82, 2.24) is 9.97 Å². The zero-order valence-corrected chi connectivity index (χ0v) is 12.5. The van der Waals surface area contributed by atoms with E-state index in [4.69, 9.17) is 10.7 Å². The highest BCUT2D eigenvalue weighted by molar-refractivity contribution is 5.82. The zero-order valence-electron chi connectivity index (χ0n) is 12.5. The van der Waals surface area contributed by atoms with Crippen LogP contribution in [0, 0.1) is 5.92 Å². The molecule has 0 aliphatic heterocycles. The van der Waals surface area contributed by atoms with Crippen LogP contribution in [0.5, 0.6) is 0 Å². The molecule has 1 unspecified atom stereocenters. The maximum absolute atomic E-state index is 12.7. The topological polar surface area (TPSA) is 51.8 Å². The van der Waals surface area contributed by atoms with Gasteiger partial charge in [-0.1, -0.05) is 25.1 Å². The van der Waals surface area contributed by atoms with Crippen LogP contribution in [0.4, 0.5) is 10.2 Å². The highest BCUT2D eigenvalue weighted by Gasteiger charge is 2.06. The molecule has 0 aliphatic rings. The molecule has 3 rings (SSSR count). The average Bonchev–Trinajstić information content (AvgIpc) is 2.54. The molecule has 2 aromatic heterocycles. The van der Waals surface area contributed by atoms with E-state index in [1.54, 1.807) is 12.3 Å². The van der Waals surface area contributed by atoms with Crippen molar-refractivity contribution in [3.05, 3.63) is 54.2 Å². The minimum absolute atomic E-state index is 0.0296. The number of halogens is 1. The molecular formula is C18H18FN3. The molecule has 0 radical (unpaired) electrons. The number of fused-ring (bicyclic) bond motifs is 1. The second-order valence-electron chi connectivity index (χ2n) is 5.66. The molecule has 1 atom stereocenters. The summed E-state index contributed by atoms with van der Waals surface area (Å²) < 4.78 is 12.7. The van der Waals surface area contributed by atoms with E-state index in [2.05, 4.69) is 4.98 Å². The lowest BCUT2D eigenvalue weighted by Gasteiger charge is -2.08. The summed E-state index contributed by atoms with van der Waals surface area (Å²) in [5.74, 6) is 0.522. The molecule has 0 aliphatic carbocycles. The third-order valence-electron chi connectivity index (χ3n) is 3.69. The van der Waals surface area contributed by atoms with Gasteiger partial charge in [-0.3, -0.25) is 4.39 Å². The van der Waals surface area contributed by atoms with E-state index in [1.165, 1.54) is 0 Å². The summed E-state index contributed by atoms with van der Waals surface area (Å²) in [6.07, 6.45) is 2.44. The summed E-state index contributed by atoms with van der Waals surface area (Å²) in [7, 11) is 0. The Labute approximate surface area is 129 Å². The fraction of sp³-hybridized carbons (Fsp3) is 0.222. The van der Waals surface area contributed by atoms with Gasteiger partial charge in [0, 0.05) is 17.1 Å². The number of rotatable bonds is 4. The van der Waals surface area contributed by atoms with Gasteiger partial charge in [-0.25, -0.2) is 9.97 Å². The number of anilines is 1. The first-order valence-electron chi connectivity index (χ1n) is 7.33. The van der Waals surface area contributed by atoms with Crippen LogP contribution in [0.2, 0.25) is 0 Å². The van der Waals surface area contributed by atoms with Crippen molar-refractivity contribution in [3.8, 4) is 11.3 Å². The number of alkyl halides is 1. The number of hydrogen-bond acceptors (Lipinski definition) is 3. The van der Waals surface area contributed by atoms with E-state index in [0.717, 1.165) is 34.1 Å². The van der Waals surface area contributed by atoms with Crippen LogP contribution in [-0.2, 0) is 6.42 Å². The van der Waals surface area contributed by atoms with Crippen LogP contribution in [0.25, 0.3) is 22.2 Å². The van der Waals surface area contributed by atoms with Crippen LogP contribution in [0.1, 0.15) is 12.5 Å². The summed E-state index contributed by atoms with van der Waals surface area (Å²) in [5.41, 5.74) is 9.42. The zero-order chi connectivity index (χ0) is 15.5. The first-order chi connectivity index (χ1) is 10.7. The van der Waals surface area contributed by atoms with E-state index in [-0.39, 0.29) is 12.6 Å². The second-order valence-corrected chi connectivity index (χ2v) is 5.66. The maximum atomic E-state index is 12.7. The molecule has 0 saturated carbocycles. The quantitative estimate of drug-likeness (QED) is 0.790. The number of nitrogens with two attached hydrogens (primary N) is 1. The van der Waals surface area contributed by atoms with Gasteiger partial charge >= 0.3 is 0 Å². The van der Waals surface area contributed by atoms with Crippen LogP contribution in [0.3, 0.4) is 0 Å². The van der Waals surface area contributed by atoms with Crippen LogP contribution >= 0.6 is 0 Å². The molecule has 3 nitrogen and oxygen atoms in total. The highest BCUT2D eigenvalue weighted by Crippen LogP contribution is 2.22. The van der Waals surface area contributed by atoms with Crippen molar-refractivity contribution < 1.29 is 4.39 Å². The molecular weight excluding hydrogens is 277 g/mol. The van der Waals surface area contributed by atoms with Gasteiger partial charge in [-0.05, 0) is 42.2 Å².